The van der Waals surface area contributed by atoms with Gasteiger partial charge < -0.3 is 5.32 Å². The van der Waals surface area contributed by atoms with Crippen LogP contribution in [0.1, 0.15) is 18.4 Å². The highest BCUT2D eigenvalue weighted by atomic mass is 35.5. The quantitative estimate of drug-likeness (QED) is 0.862. The van der Waals surface area contributed by atoms with Crippen molar-refractivity contribution in [3.8, 4) is 0 Å². The van der Waals surface area contributed by atoms with Crippen molar-refractivity contribution in [1.29, 1.82) is 0 Å². The Labute approximate surface area is 155 Å². The molecule has 0 aromatic heterocycles. The molecule has 7 heteroatoms. The predicted octanol–water partition coefficient (Wildman–Crippen LogP) is 4.42. The summed E-state index contributed by atoms with van der Waals surface area (Å²) in [5, 5.41) is 9.36. The summed E-state index contributed by atoms with van der Waals surface area (Å²) in [6.07, 6.45) is 0.498. The number of anilines is 2. The van der Waals surface area contributed by atoms with E-state index in [9.17, 15) is 9.59 Å². The molecular weight excluding hydrogens is 361 g/mol. The Morgan fingerprint density at radius 2 is 1.76 bits per heavy atom. The zero-order valence-corrected chi connectivity index (χ0v) is 14.9. The van der Waals surface area contributed by atoms with Crippen LogP contribution in [-0.2, 0) is 9.59 Å². The van der Waals surface area contributed by atoms with Gasteiger partial charge in [0.15, 0.2) is 0 Å². The van der Waals surface area contributed by atoms with E-state index >= 15 is 0 Å². The average Bonchev–Trinajstić information content (AvgIpc) is 2.59. The normalized spacial score (nSPS) is 14.3. The van der Waals surface area contributed by atoms with Crippen molar-refractivity contribution < 1.29 is 9.59 Å². The summed E-state index contributed by atoms with van der Waals surface area (Å²) in [6, 6.07) is 12.0. The smallest absolute Gasteiger partial charge is 0.271 e. The molecule has 1 N–H and O–H groups in total. The second-order valence-corrected chi connectivity index (χ2v) is 6.51. The van der Waals surface area contributed by atoms with Gasteiger partial charge in [-0.15, -0.1) is 0 Å². The minimum absolute atomic E-state index is 0.169. The first-order chi connectivity index (χ1) is 11.9. The Kier molecular flexibility index (Phi) is 5.06. The molecule has 0 saturated carbocycles. The molecule has 5 nitrogen and oxygen atoms in total. The Bertz CT molecular complexity index is 863. The predicted molar refractivity (Wildman–Crippen MR) is 100 cm³/mol. The van der Waals surface area contributed by atoms with Crippen LogP contribution in [0.4, 0.5) is 11.4 Å². The van der Waals surface area contributed by atoms with E-state index in [4.69, 9.17) is 23.2 Å². The van der Waals surface area contributed by atoms with E-state index in [1.54, 1.807) is 36.4 Å². The van der Waals surface area contributed by atoms with Crippen LogP contribution in [0, 0.1) is 6.92 Å². The first-order valence-corrected chi connectivity index (χ1v) is 8.43. The number of hydrogen-bond acceptors (Lipinski definition) is 3. The number of amides is 2. The lowest BCUT2D eigenvalue weighted by atomic mass is 10.1. The molecule has 0 fully saturated rings. The lowest BCUT2D eigenvalue weighted by Crippen LogP contribution is -2.36. The van der Waals surface area contributed by atoms with E-state index < -0.39 is 0 Å². The number of aryl methyl sites for hydroxylation is 1. The van der Waals surface area contributed by atoms with Gasteiger partial charge in [-0.25, -0.2) is 5.01 Å². The molecule has 0 bridgehead atoms. The number of carbonyl (C=O) groups is 2. The van der Waals surface area contributed by atoms with E-state index in [-0.39, 0.29) is 30.4 Å². The fraction of sp³-hybridized carbons (Fsp3) is 0.167. The van der Waals surface area contributed by atoms with Crippen LogP contribution < -0.4 is 10.3 Å². The van der Waals surface area contributed by atoms with Crippen LogP contribution in [0.2, 0.25) is 10.0 Å². The molecule has 25 heavy (non-hydrogen) atoms. The minimum Gasteiger partial charge on any atom is -0.321 e. The van der Waals surface area contributed by atoms with E-state index in [2.05, 4.69) is 10.4 Å². The van der Waals surface area contributed by atoms with Crippen LogP contribution in [-0.4, -0.2) is 17.5 Å². The number of nitrogens with one attached hydrogen (secondary N) is 1. The number of hydrogen-bond donors (Lipinski definition) is 1. The standard InChI is InChI=1S/C18H15Cl2N3O2/c1-11-2-3-13(20)10-16(11)21-18(25)15-8-9-17(24)23(22-15)14-6-4-12(19)5-7-14/h2-7,10H,8-9H2,1H3,(H,21,25). The molecule has 3 rings (SSSR count). The fourth-order valence-electron chi connectivity index (χ4n) is 2.42. The minimum atomic E-state index is -0.350. The monoisotopic (exact) mass is 375 g/mol. The third-order valence-corrected chi connectivity index (χ3v) is 4.30. The van der Waals surface area contributed by atoms with Crippen molar-refractivity contribution in [3.05, 3.63) is 58.1 Å². The van der Waals surface area contributed by atoms with Crippen LogP contribution in [0.25, 0.3) is 0 Å². The van der Waals surface area contributed by atoms with E-state index in [1.165, 1.54) is 5.01 Å². The molecule has 1 aliphatic rings. The maximum absolute atomic E-state index is 12.5. The number of benzene rings is 2. The van der Waals surface area contributed by atoms with E-state index in [0.717, 1.165) is 5.56 Å². The fourth-order valence-corrected chi connectivity index (χ4v) is 2.72. The van der Waals surface area contributed by atoms with Gasteiger partial charge in [-0.05, 0) is 48.9 Å². The molecule has 0 radical (unpaired) electrons. The maximum atomic E-state index is 12.5. The van der Waals surface area contributed by atoms with E-state index in [0.29, 0.717) is 21.4 Å². The van der Waals surface area contributed by atoms with Crippen molar-refractivity contribution in [1.82, 2.24) is 0 Å². The Balaban J connectivity index is 1.84. The number of rotatable bonds is 3. The summed E-state index contributed by atoms with van der Waals surface area (Å²) in [4.78, 5) is 24.7. The van der Waals surface area contributed by atoms with Crippen LogP contribution in [0.3, 0.4) is 0 Å². The van der Waals surface area contributed by atoms with Crippen molar-refractivity contribution in [3.63, 3.8) is 0 Å². The summed E-state index contributed by atoms with van der Waals surface area (Å²) in [5.41, 5.74) is 2.36. The van der Waals surface area contributed by atoms with Gasteiger partial charge >= 0.3 is 0 Å². The van der Waals surface area contributed by atoms with Gasteiger partial charge in [-0.1, -0.05) is 29.3 Å². The largest absolute Gasteiger partial charge is 0.321 e. The van der Waals surface area contributed by atoms with Crippen molar-refractivity contribution >= 4 is 52.1 Å². The van der Waals surface area contributed by atoms with Crippen molar-refractivity contribution in [2.75, 3.05) is 10.3 Å². The van der Waals surface area contributed by atoms with Gasteiger partial charge in [0.05, 0.1) is 5.69 Å². The lowest BCUT2D eigenvalue weighted by molar-refractivity contribution is -0.118. The molecule has 1 aliphatic heterocycles. The molecule has 128 valence electrons. The number of nitrogens with zero attached hydrogens (tertiary/aromatic N) is 2. The van der Waals surface area contributed by atoms with Gasteiger partial charge in [-0.3, -0.25) is 9.59 Å². The Morgan fingerprint density at radius 3 is 2.48 bits per heavy atom. The topological polar surface area (TPSA) is 61.8 Å². The number of hydrazone groups is 1. The Morgan fingerprint density at radius 1 is 1.08 bits per heavy atom. The number of halogens is 2. The summed E-state index contributed by atoms with van der Waals surface area (Å²) in [7, 11) is 0. The molecule has 0 spiro atoms. The summed E-state index contributed by atoms with van der Waals surface area (Å²) >= 11 is 11.8. The average molecular weight is 376 g/mol. The Hall–Kier alpha value is -2.37. The molecule has 0 atom stereocenters. The molecule has 2 aromatic carbocycles. The second-order valence-electron chi connectivity index (χ2n) is 5.64. The van der Waals surface area contributed by atoms with Crippen LogP contribution in [0.5, 0.6) is 0 Å². The SMILES string of the molecule is Cc1ccc(Cl)cc1NC(=O)C1=NN(c2ccc(Cl)cc2)C(=O)CC1. The summed E-state index contributed by atoms with van der Waals surface area (Å²) in [6.45, 7) is 1.87. The van der Waals surface area contributed by atoms with Gasteiger partial charge in [0.1, 0.15) is 5.71 Å². The van der Waals surface area contributed by atoms with Gasteiger partial charge in [0, 0.05) is 28.6 Å². The zero-order valence-electron chi connectivity index (χ0n) is 13.4. The number of carbonyl (C=O) groups excluding carboxylic acids is 2. The van der Waals surface area contributed by atoms with Crippen molar-refractivity contribution in [2.24, 2.45) is 5.10 Å². The molecule has 2 amide bonds. The first kappa shape index (κ1) is 17.5. The zero-order chi connectivity index (χ0) is 18.0. The lowest BCUT2D eigenvalue weighted by Gasteiger charge is -2.23. The molecule has 0 aliphatic carbocycles. The van der Waals surface area contributed by atoms with E-state index in [1.807, 2.05) is 13.0 Å². The van der Waals surface area contributed by atoms with Crippen molar-refractivity contribution in [2.45, 2.75) is 19.8 Å². The summed E-state index contributed by atoms with van der Waals surface area (Å²) < 4.78 is 0. The van der Waals surface area contributed by atoms with Gasteiger partial charge in [-0.2, -0.15) is 5.10 Å². The highest BCUT2D eigenvalue weighted by Crippen LogP contribution is 2.24. The molecule has 2 aromatic rings. The third kappa shape index (κ3) is 4.00. The summed E-state index contributed by atoms with van der Waals surface area (Å²) in [5.74, 6) is -0.519. The first-order valence-electron chi connectivity index (χ1n) is 7.67. The highest BCUT2D eigenvalue weighted by Gasteiger charge is 2.25. The van der Waals surface area contributed by atoms with Gasteiger partial charge in [0.25, 0.3) is 5.91 Å². The molecule has 0 unspecified atom stereocenters. The molecule has 1 heterocycles. The van der Waals surface area contributed by atoms with Gasteiger partial charge in [0.2, 0.25) is 5.91 Å². The molecule has 0 saturated heterocycles. The third-order valence-electron chi connectivity index (χ3n) is 3.81. The van der Waals surface area contributed by atoms with Crippen LogP contribution in [0.15, 0.2) is 47.6 Å². The highest BCUT2D eigenvalue weighted by molar-refractivity contribution is 6.44. The van der Waals surface area contributed by atoms with Crippen LogP contribution >= 0.6 is 23.2 Å². The second kappa shape index (κ2) is 7.25. The molecular formula is C18H15Cl2N3O2. The maximum Gasteiger partial charge on any atom is 0.271 e.